The van der Waals surface area contributed by atoms with Crippen LogP contribution in [-0.2, 0) is 13.0 Å². The molecule has 21 heavy (non-hydrogen) atoms. The predicted molar refractivity (Wildman–Crippen MR) is 89.2 cm³/mol. The van der Waals surface area contributed by atoms with Gasteiger partial charge >= 0.3 is 0 Å². The van der Waals surface area contributed by atoms with Crippen LogP contribution in [0.15, 0.2) is 18.2 Å². The Labute approximate surface area is 130 Å². The van der Waals surface area contributed by atoms with E-state index in [0.717, 1.165) is 36.8 Å². The third-order valence-corrected chi connectivity index (χ3v) is 4.61. The highest BCUT2D eigenvalue weighted by molar-refractivity contribution is 7.10. The average molecular weight is 302 g/mol. The van der Waals surface area contributed by atoms with Gasteiger partial charge in [-0.25, -0.2) is 0 Å². The molecule has 5 heteroatoms. The Morgan fingerprint density at radius 3 is 3.14 bits per heavy atom. The first kappa shape index (κ1) is 14.3. The molecule has 1 aliphatic heterocycles. The van der Waals surface area contributed by atoms with Crippen LogP contribution in [0.4, 0.5) is 10.7 Å². The molecule has 0 spiro atoms. The van der Waals surface area contributed by atoms with Gasteiger partial charge in [-0.15, -0.1) is 5.10 Å². The maximum Gasteiger partial charge on any atom is 0.135 e. The molecule has 0 radical (unpaired) electrons. The van der Waals surface area contributed by atoms with Crippen LogP contribution in [0.5, 0.6) is 0 Å². The highest BCUT2D eigenvalue weighted by Gasteiger charge is 2.19. The van der Waals surface area contributed by atoms with Crippen LogP contribution in [0.25, 0.3) is 0 Å². The second-order valence-electron chi connectivity index (χ2n) is 5.63. The second-order valence-corrected chi connectivity index (χ2v) is 6.39. The number of fused-ring (bicyclic) bond motifs is 1. The normalized spacial score (nSPS) is 14.1. The topological polar surface area (TPSA) is 41.1 Å². The number of aryl methyl sites for hydroxylation is 2. The average Bonchev–Trinajstić information content (AvgIpc) is 2.92. The second kappa shape index (κ2) is 6.43. The standard InChI is InChI=1S/C16H22N4S/c1-3-8-17-16-14(18-19-21-16)11-20-9-4-5-13-10-12(2)6-7-15(13)20/h6-7,10,17H,3-5,8-9,11H2,1-2H3. The van der Waals surface area contributed by atoms with Crippen LogP contribution < -0.4 is 10.2 Å². The lowest BCUT2D eigenvalue weighted by molar-refractivity contribution is 0.682. The quantitative estimate of drug-likeness (QED) is 0.916. The lowest BCUT2D eigenvalue weighted by atomic mass is 9.99. The lowest BCUT2D eigenvalue weighted by Crippen LogP contribution is -2.29. The van der Waals surface area contributed by atoms with E-state index in [1.165, 1.54) is 41.2 Å². The molecule has 2 heterocycles. The van der Waals surface area contributed by atoms with Gasteiger partial charge in [-0.1, -0.05) is 29.1 Å². The minimum absolute atomic E-state index is 0.846. The first-order valence-corrected chi connectivity index (χ1v) is 8.45. The molecule has 1 aromatic heterocycles. The highest BCUT2D eigenvalue weighted by Crippen LogP contribution is 2.30. The van der Waals surface area contributed by atoms with Gasteiger partial charge in [-0.3, -0.25) is 0 Å². The maximum atomic E-state index is 4.32. The van der Waals surface area contributed by atoms with E-state index in [4.69, 9.17) is 0 Å². The van der Waals surface area contributed by atoms with Crippen molar-refractivity contribution in [2.24, 2.45) is 0 Å². The molecule has 2 aromatic rings. The zero-order chi connectivity index (χ0) is 14.7. The summed E-state index contributed by atoms with van der Waals surface area (Å²) in [5.74, 6) is 0. The molecular formula is C16H22N4S. The lowest BCUT2D eigenvalue weighted by Gasteiger charge is -2.31. The first-order valence-electron chi connectivity index (χ1n) is 7.67. The number of hydrogen-bond donors (Lipinski definition) is 1. The Hall–Kier alpha value is -1.62. The van der Waals surface area contributed by atoms with Crippen molar-refractivity contribution in [2.75, 3.05) is 23.3 Å². The van der Waals surface area contributed by atoms with E-state index in [1.807, 2.05) is 0 Å². The number of nitrogens with zero attached hydrogens (tertiary/aromatic N) is 3. The van der Waals surface area contributed by atoms with Crippen LogP contribution in [0, 0.1) is 6.92 Å². The van der Waals surface area contributed by atoms with E-state index >= 15 is 0 Å². The molecule has 0 saturated heterocycles. The van der Waals surface area contributed by atoms with Crippen molar-refractivity contribution in [3.8, 4) is 0 Å². The first-order chi connectivity index (χ1) is 10.3. The summed E-state index contributed by atoms with van der Waals surface area (Å²) in [6, 6.07) is 6.77. The van der Waals surface area contributed by atoms with Crippen molar-refractivity contribution in [1.82, 2.24) is 9.59 Å². The van der Waals surface area contributed by atoms with Gasteiger partial charge in [0.25, 0.3) is 0 Å². The largest absolute Gasteiger partial charge is 0.374 e. The number of aromatic nitrogens is 2. The molecule has 1 N–H and O–H groups in total. The Bertz CT molecular complexity index is 608. The SMILES string of the molecule is CCCNc1snnc1CN1CCCc2cc(C)ccc21. The molecular weight excluding hydrogens is 280 g/mol. The van der Waals surface area contributed by atoms with E-state index in [-0.39, 0.29) is 0 Å². The van der Waals surface area contributed by atoms with Crippen LogP contribution in [-0.4, -0.2) is 22.7 Å². The van der Waals surface area contributed by atoms with Crippen LogP contribution in [0.2, 0.25) is 0 Å². The molecule has 0 unspecified atom stereocenters. The minimum Gasteiger partial charge on any atom is -0.374 e. The zero-order valence-electron chi connectivity index (χ0n) is 12.7. The zero-order valence-corrected chi connectivity index (χ0v) is 13.5. The van der Waals surface area contributed by atoms with E-state index < -0.39 is 0 Å². The van der Waals surface area contributed by atoms with Crippen LogP contribution >= 0.6 is 11.5 Å². The van der Waals surface area contributed by atoms with Crippen molar-refractivity contribution < 1.29 is 0 Å². The molecule has 112 valence electrons. The van der Waals surface area contributed by atoms with Gasteiger partial charge in [0, 0.05) is 30.3 Å². The molecule has 0 saturated carbocycles. The summed E-state index contributed by atoms with van der Waals surface area (Å²) in [4.78, 5) is 2.44. The molecule has 0 fully saturated rings. The number of anilines is 2. The summed E-state index contributed by atoms with van der Waals surface area (Å²) in [7, 11) is 0. The smallest absolute Gasteiger partial charge is 0.135 e. The molecule has 3 rings (SSSR count). The van der Waals surface area contributed by atoms with Crippen molar-refractivity contribution in [1.29, 1.82) is 0 Å². The molecule has 0 atom stereocenters. The Morgan fingerprint density at radius 1 is 1.38 bits per heavy atom. The van der Waals surface area contributed by atoms with Gasteiger partial charge in [0.1, 0.15) is 10.7 Å². The van der Waals surface area contributed by atoms with E-state index in [9.17, 15) is 0 Å². The summed E-state index contributed by atoms with van der Waals surface area (Å²) in [6.07, 6.45) is 3.51. The van der Waals surface area contributed by atoms with Gasteiger partial charge < -0.3 is 10.2 Å². The van der Waals surface area contributed by atoms with Gasteiger partial charge in [0.2, 0.25) is 0 Å². The Balaban J connectivity index is 1.79. The fourth-order valence-electron chi connectivity index (χ4n) is 2.83. The highest BCUT2D eigenvalue weighted by atomic mass is 32.1. The predicted octanol–water partition coefficient (Wildman–Crippen LogP) is 3.62. The van der Waals surface area contributed by atoms with Gasteiger partial charge in [0.15, 0.2) is 0 Å². The molecule has 4 nitrogen and oxygen atoms in total. The number of rotatable bonds is 5. The fourth-order valence-corrected chi connectivity index (χ4v) is 3.43. The van der Waals surface area contributed by atoms with Crippen molar-refractivity contribution in [3.05, 3.63) is 35.0 Å². The third-order valence-electron chi connectivity index (χ3n) is 3.88. The summed E-state index contributed by atoms with van der Waals surface area (Å²) in [5, 5.41) is 8.87. The third kappa shape index (κ3) is 3.18. The van der Waals surface area contributed by atoms with E-state index in [0.29, 0.717) is 0 Å². The molecule has 0 bridgehead atoms. The molecule has 1 aliphatic rings. The molecule has 1 aromatic carbocycles. The molecule has 0 amide bonds. The summed E-state index contributed by atoms with van der Waals surface area (Å²) in [5.41, 5.74) is 5.24. The van der Waals surface area contributed by atoms with Gasteiger partial charge in [-0.05, 0) is 37.8 Å². The number of benzene rings is 1. The monoisotopic (exact) mass is 302 g/mol. The summed E-state index contributed by atoms with van der Waals surface area (Å²) < 4.78 is 4.11. The fraction of sp³-hybridized carbons (Fsp3) is 0.500. The maximum absolute atomic E-state index is 4.32. The van der Waals surface area contributed by atoms with E-state index in [1.54, 1.807) is 0 Å². The number of nitrogens with one attached hydrogen (secondary N) is 1. The van der Waals surface area contributed by atoms with Crippen LogP contribution in [0.1, 0.15) is 36.6 Å². The van der Waals surface area contributed by atoms with Gasteiger partial charge in [0.05, 0.1) is 6.54 Å². The minimum atomic E-state index is 0.846. The van der Waals surface area contributed by atoms with Crippen LogP contribution in [0.3, 0.4) is 0 Å². The van der Waals surface area contributed by atoms with E-state index in [2.05, 4.69) is 51.9 Å². The Kier molecular flexibility index (Phi) is 4.39. The summed E-state index contributed by atoms with van der Waals surface area (Å²) >= 11 is 1.46. The Morgan fingerprint density at radius 2 is 2.29 bits per heavy atom. The molecule has 0 aliphatic carbocycles. The number of hydrogen-bond acceptors (Lipinski definition) is 5. The van der Waals surface area contributed by atoms with Crippen molar-refractivity contribution in [2.45, 2.75) is 39.7 Å². The summed E-state index contributed by atoms with van der Waals surface area (Å²) in [6.45, 7) is 7.26. The van der Waals surface area contributed by atoms with Crippen molar-refractivity contribution >= 4 is 22.2 Å². The van der Waals surface area contributed by atoms with Gasteiger partial charge in [-0.2, -0.15) is 0 Å². The van der Waals surface area contributed by atoms with Crippen molar-refractivity contribution in [3.63, 3.8) is 0 Å².